The molecule has 0 fully saturated rings. The lowest BCUT2D eigenvalue weighted by Gasteiger charge is -2.11. The van der Waals surface area contributed by atoms with Crippen molar-refractivity contribution in [3.05, 3.63) is 42.5 Å². The zero-order chi connectivity index (χ0) is 11.3. The van der Waals surface area contributed by atoms with Crippen LogP contribution in [-0.2, 0) is 6.42 Å². The third-order valence-corrected chi connectivity index (χ3v) is 3.06. The van der Waals surface area contributed by atoms with Gasteiger partial charge in [-0.05, 0) is 29.8 Å². The number of amides is 1. The molecule has 1 aromatic carbocycles. The highest BCUT2D eigenvalue weighted by Crippen LogP contribution is 2.25. The van der Waals surface area contributed by atoms with Crippen LogP contribution >= 0.6 is 11.8 Å². The maximum absolute atomic E-state index is 11.5. The van der Waals surface area contributed by atoms with Gasteiger partial charge in [0.1, 0.15) is 0 Å². The highest BCUT2D eigenvalue weighted by atomic mass is 32.2. The number of allylic oxidation sites excluding steroid dienone is 1. The molecule has 1 rings (SSSR count). The van der Waals surface area contributed by atoms with Crippen LogP contribution in [0.5, 0.6) is 0 Å². The van der Waals surface area contributed by atoms with E-state index in [1.54, 1.807) is 19.0 Å². The lowest BCUT2D eigenvalue weighted by molar-refractivity contribution is 0.241. The molecule has 2 nitrogen and oxygen atoms in total. The van der Waals surface area contributed by atoms with Crippen molar-refractivity contribution in [2.45, 2.75) is 11.3 Å². The van der Waals surface area contributed by atoms with Gasteiger partial charge in [0.05, 0.1) is 0 Å². The SMILES string of the molecule is C=CCc1ccccc1SC(=O)N(C)C. The van der Waals surface area contributed by atoms with Gasteiger partial charge < -0.3 is 4.90 Å². The van der Waals surface area contributed by atoms with Crippen molar-refractivity contribution in [1.29, 1.82) is 0 Å². The van der Waals surface area contributed by atoms with E-state index >= 15 is 0 Å². The fraction of sp³-hybridized carbons (Fsp3) is 0.250. The first-order valence-electron chi connectivity index (χ1n) is 4.73. The van der Waals surface area contributed by atoms with E-state index < -0.39 is 0 Å². The third kappa shape index (κ3) is 3.44. The van der Waals surface area contributed by atoms with Gasteiger partial charge in [0.2, 0.25) is 0 Å². The number of carbonyl (C=O) groups is 1. The largest absolute Gasteiger partial charge is 0.339 e. The molecule has 0 atom stereocenters. The van der Waals surface area contributed by atoms with E-state index in [0.29, 0.717) is 0 Å². The van der Waals surface area contributed by atoms with E-state index in [1.165, 1.54) is 11.8 Å². The van der Waals surface area contributed by atoms with Crippen LogP contribution in [-0.4, -0.2) is 24.2 Å². The van der Waals surface area contributed by atoms with Gasteiger partial charge >= 0.3 is 0 Å². The van der Waals surface area contributed by atoms with Crippen LogP contribution in [0.15, 0.2) is 41.8 Å². The highest BCUT2D eigenvalue weighted by Gasteiger charge is 2.09. The van der Waals surface area contributed by atoms with E-state index in [-0.39, 0.29) is 5.24 Å². The van der Waals surface area contributed by atoms with Crippen molar-refractivity contribution >= 4 is 17.0 Å². The van der Waals surface area contributed by atoms with Crippen molar-refractivity contribution in [2.75, 3.05) is 14.1 Å². The minimum absolute atomic E-state index is 0.0477. The molecule has 0 aliphatic rings. The van der Waals surface area contributed by atoms with Crippen LogP contribution in [0.2, 0.25) is 0 Å². The van der Waals surface area contributed by atoms with Gasteiger partial charge in [-0.1, -0.05) is 24.3 Å². The Morgan fingerprint density at radius 1 is 1.47 bits per heavy atom. The number of hydrogen-bond donors (Lipinski definition) is 0. The van der Waals surface area contributed by atoms with Gasteiger partial charge in [-0.3, -0.25) is 4.79 Å². The monoisotopic (exact) mass is 221 g/mol. The average Bonchev–Trinajstić information content (AvgIpc) is 2.21. The molecule has 0 aliphatic heterocycles. The van der Waals surface area contributed by atoms with Crippen LogP contribution in [0.25, 0.3) is 0 Å². The maximum Gasteiger partial charge on any atom is 0.285 e. The molecule has 0 N–H and O–H groups in total. The van der Waals surface area contributed by atoms with Gasteiger partial charge in [0.15, 0.2) is 0 Å². The molecule has 15 heavy (non-hydrogen) atoms. The Morgan fingerprint density at radius 3 is 2.73 bits per heavy atom. The van der Waals surface area contributed by atoms with E-state index in [9.17, 15) is 4.79 Å². The Hall–Kier alpha value is -1.22. The van der Waals surface area contributed by atoms with Crippen LogP contribution in [0.4, 0.5) is 4.79 Å². The molecule has 0 saturated heterocycles. The molecule has 0 bridgehead atoms. The molecule has 1 aromatic rings. The quantitative estimate of drug-likeness (QED) is 0.577. The predicted octanol–water partition coefficient (Wildman–Crippen LogP) is 3.19. The van der Waals surface area contributed by atoms with Gasteiger partial charge in [-0.25, -0.2) is 0 Å². The number of carbonyl (C=O) groups excluding carboxylic acids is 1. The lowest BCUT2D eigenvalue weighted by atomic mass is 10.1. The molecule has 1 amide bonds. The van der Waals surface area contributed by atoms with Gasteiger partial charge in [-0.15, -0.1) is 6.58 Å². The number of nitrogens with zero attached hydrogens (tertiary/aromatic N) is 1. The minimum atomic E-state index is 0.0477. The summed E-state index contributed by atoms with van der Waals surface area (Å²) in [7, 11) is 3.51. The second kappa shape index (κ2) is 5.61. The van der Waals surface area contributed by atoms with Gasteiger partial charge in [-0.2, -0.15) is 0 Å². The van der Waals surface area contributed by atoms with Crippen LogP contribution in [0.1, 0.15) is 5.56 Å². The molecular weight excluding hydrogens is 206 g/mol. The molecule has 0 aromatic heterocycles. The van der Waals surface area contributed by atoms with Gasteiger partial charge in [0.25, 0.3) is 5.24 Å². The zero-order valence-corrected chi connectivity index (χ0v) is 9.88. The number of hydrogen-bond acceptors (Lipinski definition) is 2. The molecular formula is C12H15NOS. The number of rotatable bonds is 3. The Kier molecular flexibility index (Phi) is 4.43. The highest BCUT2D eigenvalue weighted by molar-refractivity contribution is 8.13. The maximum atomic E-state index is 11.5. The molecule has 0 unspecified atom stereocenters. The summed E-state index contributed by atoms with van der Waals surface area (Å²) in [5.74, 6) is 0. The number of thioether (sulfide) groups is 1. The summed E-state index contributed by atoms with van der Waals surface area (Å²) in [6, 6.07) is 7.90. The predicted molar refractivity (Wildman–Crippen MR) is 65.3 cm³/mol. The second-order valence-electron chi connectivity index (χ2n) is 3.36. The van der Waals surface area contributed by atoms with Crippen molar-refractivity contribution in [1.82, 2.24) is 4.90 Å². The first-order valence-corrected chi connectivity index (χ1v) is 5.54. The summed E-state index contributed by atoms with van der Waals surface area (Å²) in [5, 5.41) is 0.0477. The Labute approximate surface area is 95.0 Å². The second-order valence-corrected chi connectivity index (χ2v) is 4.36. The molecule has 0 aliphatic carbocycles. The molecule has 0 spiro atoms. The fourth-order valence-corrected chi connectivity index (χ4v) is 1.91. The summed E-state index contributed by atoms with van der Waals surface area (Å²) < 4.78 is 0. The standard InChI is InChI=1S/C12H15NOS/c1-4-7-10-8-5-6-9-11(10)15-12(14)13(2)3/h4-6,8-9H,1,7H2,2-3H3. The van der Waals surface area contributed by atoms with Crippen molar-refractivity contribution < 1.29 is 4.79 Å². The Balaban J connectivity index is 2.83. The summed E-state index contributed by atoms with van der Waals surface area (Å²) >= 11 is 1.26. The van der Waals surface area contributed by atoms with E-state index in [1.807, 2.05) is 30.3 Å². The molecule has 3 heteroatoms. The minimum Gasteiger partial charge on any atom is -0.339 e. The lowest BCUT2D eigenvalue weighted by Crippen LogP contribution is -2.16. The van der Waals surface area contributed by atoms with Crippen LogP contribution in [0.3, 0.4) is 0 Å². The third-order valence-electron chi connectivity index (χ3n) is 1.90. The fourth-order valence-electron chi connectivity index (χ4n) is 1.11. The smallest absolute Gasteiger partial charge is 0.285 e. The molecule has 0 radical (unpaired) electrons. The molecule has 0 saturated carbocycles. The normalized spacial score (nSPS) is 9.73. The van der Waals surface area contributed by atoms with Crippen LogP contribution in [0, 0.1) is 0 Å². The first kappa shape index (κ1) is 11.9. The van der Waals surface area contributed by atoms with Crippen molar-refractivity contribution in [2.24, 2.45) is 0 Å². The molecule has 0 heterocycles. The summed E-state index contributed by atoms with van der Waals surface area (Å²) in [5.41, 5.74) is 1.15. The van der Waals surface area contributed by atoms with E-state index in [4.69, 9.17) is 0 Å². The Morgan fingerprint density at radius 2 is 2.13 bits per heavy atom. The van der Waals surface area contributed by atoms with Gasteiger partial charge in [0, 0.05) is 19.0 Å². The Bertz CT molecular complexity index is 360. The van der Waals surface area contributed by atoms with Crippen molar-refractivity contribution in [3.63, 3.8) is 0 Å². The zero-order valence-electron chi connectivity index (χ0n) is 9.06. The van der Waals surface area contributed by atoms with Crippen molar-refractivity contribution in [3.8, 4) is 0 Å². The van der Waals surface area contributed by atoms with E-state index in [0.717, 1.165) is 16.9 Å². The number of benzene rings is 1. The summed E-state index contributed by atoms with van der Waals surface area (Å²) in [6.07, 6.45) is 2.64. The topological polar surface area (TPSA) is 20.3 Å². The van der Waals surface area contributed by atoms with E-state index in [2.05, 4.69) is 6.58 Å². The summed E-state index contributed by atoms with van der Waals surface area (Å²) in [4.78, 5) is 14.1. The van der Waals surface area contributed by atoms with Crippen LogP contribution < -0.4 is 0 Å². The molecule has 80 valence electrons. The average molecular weight is 221 g/mol. The first-order chi connectivity index (χ1) is 7.15. The summed E-state index contributed by atoms with van der Waals surface area (Å²) in [6.45, 7) is 3.71.